The molecule has 6 rings (SSSR count). The second-order valence-corrected chi connectivity index (χ2v) is 10.4. The molecule has 0 aliphatic carbocycles. The molecule has 0 amide bonds. The topological polar surface area (TPSA) is 81.4 Å². The third-order valence-electron chi connectivity index (χ3n) is 7.88. The minimum absolute atomic E-state index is 0.315. The van der Waals surface area contributed by atoms with Gasteiger partial charge >= 0.3 is 0 Å². The lowest BCUT2D eigenvalue weighted by Gasteiger charge is -2.09. The average Bonchev–Trinajstić information content (AvgIpc) is 3.67. The van der Waals surface area contributed by atoms with Gasteiger partial charge in [0.25, 0.3) is 0 Å². The number of H-pyrrole nitrogens is 2. The molecule has 2 aromatic carbocycles. The van der Waals surface area contributed by atoms with Crippen LogP contribution < -0.4 is 10.6 Å². The third-order valence-corrected chi connectivity index (χ3v) is 7.88. The van der Waals surface area contributed by atoms with Crippen LogP contribution >= 0.6 is 0 Å². The van der Waals surface area contributed by atoms with Crippen molar-refractivity contribution in [2.75, 3.05) is 0 Å². The third kappa shape index (κ3) is 4.44. The fourth-order valence-electron chi connectivity index (χ4n) is 5.46. The highest BCUT2D eigenvalue weighted by molar-refractivity contribution is 5.71. The summed E-state index contributed by atoms with van der Waals surface area (Å²) < 4.78 is 0. The molecule has 180 valence electrons. The Hall–Kier alpha value is -3.22. The van der Waals surface area contributed by atoms with Gasteiger partial charge in [-0.3, -0.25) is 0 Å². The van der Waals surface area contributed by atoms with Gasteiger partial charge in [0.05, 0.1) is 35.9 Å². The number of aromatic amines is 2. The molecule has 0 radical (unpaired) electrons. The summed E-state index contributed by atoms with van der Waals surface area (Å²) in [4.78, 5) is 16.3. The van der Waals surface area contributed by atoms with E-state index in [4.69, 9.17) is 0 Å². The van der Waals surface area contributed by atoms with Crippen LogP contribution in [0.3, 0.4) is 0 Å². The van der Waals surface area contributed by atoms with Crippen LogP contribution in [0.1, 0.15) is 63.8 Å². The number of nitrogens with one attached hydrogen (secondary N) is 4. The second-order valence-electron chi connectivity index (χ2n) is 10.4. The summed E-state index contributed by atoms with van der Waals surface area (Å²) >= 11 is 0. The van der Waals surface area contributed by atoms with Crippen molar-refractivity contribution in [3.05, 3.63) is 72.6 Å². The Morgan fingerprint density at radius 1 is 0.629 bits per heavy atom. The molecule has 0 bridgehead atoms. The predicted molar refractivity (Wildman–Crippen MR) is 141 cm³/mol. The summed E-state index contributed by atoms with van der Waals surface area (Å²) in [6, 6.07) is 19.2. The maximum atomic E-state index is 4.66. The van der Waals surface area contributed by atoms with Crippen molar-refractivity contribution < 1.29 is 0 Å². The van der Waals surface area contributed by atoms with Crippen LogP contribution in [0.5, 0.6) is 0 Å². The SMILES string of the molecule is CC1CCC(c2ncc(-c3ccc(-c4ccc(-c5cnc(C6CC(C)C(C)N6)[nH]5)cc4)cc3)[nH]2)N1. The van der Waals surface area contributed by atoms with E-state index in [2.05, 4.69) is 99.9 Å². The molecule has 35 heavy (non-hydrogen) atoms. The maximum Gasteiger partial charge on any atom is 0.123 e. The van der Waals surface area contributed by atoms with E-state index in [0.29, 0.717) is 30.1 Å². The molecule has 4 aromatic rings. The summed E-state index contributed by atoms with van der Waals surface area (Å²) in [6.07, 6.45) is 7.37. The fourth-order valence-corrected chi connectivity index (χ4v) is 5.46. The molecule has 0 spiro atoms. The molecule has 2 saturated heterocycles. The van der Waals surface area contributed by atoms with Crippen LogP contribution in [-0.4, -0.2) is 32.0 Å². The maximum absolute atomic E-state index is 4.66. The zero-order valence-electron chi connectivity index (χ0n) is 20.7. The Balaban J connectivity index is 1.14. The van der Waals surface area contributed by atoms with Crippen molar-refractivity contribution in [3.8, 4) is 33.6 Å². The summed E-state index contributed by atoms with van der Waals surface area (Å²) in [7, 11) is 0. The Morgan fingerprint density at radius 2 is 1.14 bits per heavy atom. The molecule has 2 fully saturated rings. The van der Waals surface area contributed by atoms with Crippen LogP contribution in [0.25, 0.3) is 33.6 Å². The van der Waals surface area contributed by atoms with Gasteiger partial charge in [-0.25, -0.2) is 9.97 Å². The second kappa shape index (κ2) is 9.10. The van der Waals surface area contributed by atoms with Crippen molar-refractivity contribution in [3.63, 3.8) is 0 Å². The molecule has 5 atom stereocenters. The van der Waals surface area contributed by atoms with Crippen molar-refractivity contribution >= 4 is 0 Å². The number of hydrogen-bond acceptors (Lipinski definition) is 4. The summed E-state index contributed by atoms with van der Waals surface area (Å²) in [5, 5.41) is 7.24. The summed E-state index contributed by atoms with van der Waals surface area (Å²) in [5.41, 5.74) is 6.85. The van der Waals surface area contributed by atoms with E-state index in [1.54, 1.807) is 0 Å². The van der Waals surface area contributed by atoms with Gasteiger partial charge in [0.15, 0.2) is 0 Å². The van der Waals surface area contributed by atoms with Gasteiger partial charge in [-0.15, -0.1) is 0 Å². The van der Waals surface area contributed by atoms with Gasteiger partial charge in [0.2, 0.25) is 0 Å². The first-order chi connectivity index (χ1) is 17.0. The van der Waals surface area contributed by atoms with E-state index in [1.165, 1.54) is 17.5 Å². The molecular weight excluding hydrogens is 432 g/mol. The van der Waals surface area contributed by atoms with Crippen molar-refractivity contribution in [1.82, 2.24) is 30.6 Å². The Bertz CT molecular complexity index is 1280. The van der Waals surface area contributed by atoms with E-state index in [0.717, 1.165) is 47.0 Å². The van der Waals surface area contributed by atoms with Crippen LogP contribution in [0, 0.1) is 5.92 Å². The molecule has 6 nitrogen and oxygen atoms in total. The minimum Gasteiger partial charge on any atom is -0.341 e. The first-order valence-electron chi connectivity index (χ1n) is 12.9. The van der Waals surface area contributed by atoms with E-state index in [9.17, 15) is 0 Å². The molecule has 2 aliphatic heterocycles. The highest BCUT2D eigenvalue weighted by Crippen LogP contribution is 2.32. The molecule has 4 heterocycles. The lowest BCUT2D eigenvalue weighted by molar-refractivity contribution is 0.516. The van der Waals surface area contributed by atoms with E-state index in [1.807, 2.05) is 12.4 Å². The zero-order chi connectivity index (χ0) is 23.9. The van der Waals surface area contributed by atoms with Gasteiger partial charge in [-0.2, -0.15) is 0 Å². The number of rotatable bonds is 5. The Kier molecular flexibility index (Phi) is 5.78. The number of imidazole rings is 2. The first kappa shape index (κ1) is 22.3. The Morgan fingerprint density at radius 3 is 1.60 bits per heavy atom. The molecule has 0 saturated carbocycles. The zero-order valence-corrected chi connectivity index (χ0v) is 20.7. The number of aromatic nitrogens is 4. The van der Waals surface area contributed by atoms with Crippen molar-refractivity contribution in [1.29, 1.82) is 0 Å². The van der Waals surface area contributed by atoms with E-state index < -0.39 is 0 Å². The lowest BCUT2D eigenvalue weighted by Crippen LogP contribution is -2.24. The van der Waals surface area contributed by atoms with Gasteiger partial charge in [0.1, 0.15) is 11.6 Å². The lowest BCUT2D eigenvalue weighted by atomic mass is 10.0. The smallest absolute Gasteiger partial charge is 0.123 e. The molecule has 5 unspecified atom stereocenters. The highest BCUT2D eigenvalue weighted by Gasteiger charge is 2.30. The molecule has 6 heteroatoms. The first-order valence-corrected chi connectivity index (χ1v) is 12.9. The monoisotopic (exact) mass is 466 g/mol. The van der Waals surface area contributed by atoms with Crippen molar-refractivity contribution in [2.24, 2.45) is 5.92 Å². The van der Waals surface area contributed by atoms with Gasteiger partial charge in [-0.05, 0) is 61.3 Å². The fraction of sp³-hybridized carbons (Fsp3) is 0.379. The summed E-state index contributed by atoms with van der Waals surface area (Å²) in [5.74, 6) is 2.75. The number of hydrogen-bond donors (Lipinski definition) is 4. The van der Waals surface area contributed by atoms with Crippen molar-refractivity contribution in [2.45, 2.75) is 64.2 Å². The van der Waals surface area contributed by atoms with Gasteiger partial charge in [0, 0.05) is 12.1 Å². The highest BCUT2D eigenvalue weighted by atomic mass is 15.1. The van der Waals surface area contributed by atoms with E-state index >= 15 is 0 Å². The molecular formula is C29H34N6. The number of nitrogens with zero attached hydrogens (tertiary/aromatic N) is 2. The quantitative estimate of drug-likeness (QED) is 0.290. The molecule has 2 aliphatic rings. The Labute approximate surface area is 207 Å². The van der Waals surface area contributed by atoms with Crippen LogP contribution in [0.15, 0.2) is 60.9 Å². The van der Waals surface area contributed by atoms with Crippen LogP contribution in [-0.2, 0) is 0 Å². The summed E-state index contributed by atoms with van der Waals surface area (Å²) in [6.45, 7) is 6.78. The van der Waals surface area contributed by atoms with Gasteiger partial charge in [-0.1, -0.05) is 55.5 Å². The van der Waals surface area contributed by atoms with Crippen LogP contribution in [0.2, 0.25) is 0 Å². The largest absolute Gasteiger partial charge is 0.341 e. The minimum atomic E-state index is 0.315. The molecule has 4 N–H and O–H groups in total. The number of benzene rings is 2. The average molecular weight is 467 g/mol. The van der Waals surface area contributed by atoms with E-state index in [-0.39, 0.29) is 0 Å². The molecule has 2 aromatic heterocycles. The van der Waals surface area contributed by atoms with Crippen LogP contribution in [0.4, 0.5) is 0 Å². The normalized spacial score (nSPS) is 26.4. The predicted octanol–water partition coefficient (Wildman–Crippen LogP) is 6.01. The van der Waals surface area contributed by atoms with Gasteiger partial charge < -0.3 is 20.6 Å². The standard InChI is InChI=1S/C29H34N6/c1-17-14-25(33-19(17)3)29-31-16-27(35-29)23-11-7-21(8-12-23)20-5-9-22(10-6-20)26-15-30-28(34-26)24-13-4-18(2)32-24/h5-12,15-19,24-25,32-33H,4,13-14H2,1-3H3,(H,30,34)(H,31,35).